The van der Waals surface area contributed by atoms with Crippen LogP contribution in [0.3, 0.4) is 0 Å². The summed E-state index contributed by atoms with van der Waals surface area (Å²) < 4.78 is 0. The topological polar surface area (TPSA) is 66.5 Å². The Morgan fingerprint density at radius 1 is 1.33 bits per heavy atom. The van der Waals surface area contributed by atoms with Crippen LogP contribution in [-0.2, 0) is 0 Å². The number of halogens is 2. The van der Waals surface area contributed by atoms with Crippen LogP contribution in [-0.4, -0.2) is 22.9 Å². The Morgan fingerprint density at radius 3 is 2.60 bits per heavy atom. The van der Waals surface area contributed by atoms with Crippen molar-refractivity contribution in [2.75, 3.05) is 6.61 Å². The van der Waals surface area contributed by atoms with Crippen molar-refractivity contribution >= 4 is 23.2 Å². The van der Waals surface area contributed by atoms with E-state index < -0.39 is 12.1 Å². The van der Waals surface area contributed by atoms with E-state index in [2.05, 4.69) is 0 Å². The van der Waals surface area contributed by atoms with Crippen LogP contribution in [0.4, 0.5) is 0 Å². The van der Waals surface area contributed by atoms with Crippen molar-refractivity contribution in [3.8, 4) is 0 Å². The van der Waals surface area contributed by atoms with Crippen LogP contribution in [0.25, 0.3) is 0 Å². The van der Waals surface area contributed by atoms with Gasteiger partial charge in [-0.25, -0.2) is 0 Å². The number of nitrogens with two attached hydrogens (primary N) is 1. The molecule has 1 aromatic carbocycles. The third-order valence-electron chi connectivity index (χ3n) is 2.17. The number of benzene rings is 1. The second kappa shape index (κ2) is 5.68. The summed E-state index contributed by atoms with van der Waals surface area (Å²) in [5.74, 6) is 0. The summed E-state index contributed by atoms with van der Waals surface area (Å²) >= 11 is 11.7. The molecule has 0 aliphatic carbocycles. The molecule has 0 amide bonds. The van der Waals surface area contributed by atoms with E-state index in [9.17, 15) is 5.11 Å². The molecule has 4 N–H and O–H groups in total. The molecule has 0 saturated heterocycles. The molecule has 0 radical (unpaired) electrons. The van der Waals surface area contributed by atoms with Crippen molar-refractivity contribution in [3.63, 3.8) is 0 Å². The standard InChI is InChI=1S/C10H13Cl2NO2/c11-7-3-1-2-6(9(7)12)10(15)8(13)4-5-14/h1-3,8,10,14-15H,4-5,13H2. The highest BCUT2D eigenvalue weighted by atomic mass is 35.5. The van der Waals surface area contributed by atoms with Gasteiger partial charge in [0, 0.05) is 18.2 Å². The van der Waals surface area contributed by atoms with Gasteiger partial charge in [-0.3, -0.25) is 0 Å². The summed E-state index contributed by atoms with van der Waals surface area (Å²) in [7, 11) is 0. The smallest absolute Gasteiger partial charge is 0.0956 e. The fourth-order valence-corrected chi connectivity index (χ4v) is 1.71. The Hall–Kier alpha value is -0.320. The Kier molecular flexibility index (Phi) is 4.83. The van der Waals surface area contributed by atoms with Crippen molar-refractivity contribution in [1.82, 2.24) is 0 Å². The summed E-state index contributed by atoms with van der Waals surface area (Å²) in [6.07, 6.45) is -0.604. The van der Waals surface area contributed by atoms with E-state index in [1.807, 2.05) is 0 Å². The third kappa shape index (κ3) is 3.06. The molecule has 0 bridgehead atoms. The fraction of sp³-hybridized carbons (Fsp3) is 0.400. The molecule has 0 aliphatic heterocycles. The first-order valence-corrected chi connectivity index (χ1v) is 5.32. The predicted molar refractivity (Wildman–Crippen MR) is 61.1 cm³/mol. The third-order valence-corrected chi connectivity index (χ3v) is 3.00. The molecule has 0 spiro atoms. The molecule has 1 rings (SSSR count). The summed E-state index contributed by atoms with van der Waals surface area (Å²) in [4.78, 5) is 0. The average Bonchev–Trinajstić information content (AvgIpc) is 2.21. The predicted octanol–water partition coefficient (Wildman–Crippen LogP) is 1.74. The van der Waals surface area contributed by atoms with E-state index in [0.717, 1.165) is 0 Å². The highest BCUT2D eigenvalue weighted by Gasteiger charge is 2.19. The van der Waals surface area contributed by atoms with Crippen LogP contribution in [0.5, 0.6) is 0 Å². The highest BCUT2D eigenvalue weighted by Crippen LogP contribution is 2.31. The monoisotopic (exact) mass is 249 g/mol. The molecule has 3 nitrogen and oxygen atoms in total. The molecule has 0 aromatic heterocycles. The Labute approximate surface area is 98.4 Å². The lowest BCUT2D eigenvalue weighted by Crippen LogP contribution is -2.29. The van der Waals surface area contributed by atoms with Crippen molar-refractivity contribution in [1.29, 1.82) is 0 Å². The number of hydrogen-bond donors (Lipinski definition) is 3. The maximum atomic E-state index is 9.85. The zero-order valence-electron chi connectivity index (χ0n) is 8.03. The molecule has 15 heavy (non-hydrogen) atoms. The van der Waals surface area contributed by atoms with Gasteiger partial charge in [0.2, 0.25) is 0 Å². The fourth-order valence-electron chi connectivity index (χ4n) is 1.29. The molecular weight excluding hydrogens is 237 g/mol. The Morgan fingerprint density at radius 2 is 2.00 bits per heavy atom. The Bertz CT molecular complexity index is 333. The van der Waals surface area contributed by atoms with E-state index in [1.54, 1.807) is 18.2 Å². The first-order chi connectivity index (χ1) is 7.07. The summed E-state index contributed by atoms with van der Waals surface area (Å²) in [5.41, 5.74) is 6.16. The molecule has 1 aromatic rings. The molecule has 0 saturated carbocycles. The van der Waals surface area contributed by atoms with Crippen molar-refractivity contribution in [2.24, 2.45) is 5.73 Å². The largest absolute Gasteiger partial charge is 0.396 e. The quantitative estimate of drug-likeness (QED) is 0.762. The van der Waals surface area contributed by atoms with E-state index in [1.165, 1.54) is 0 Å². The zero-order valence-corrected chi connectivity index (χ0v) is 9.54. The molecule has 0 aliphatic rings. The maximum Gasteiger partial charge on any atom is 0.0956 e. The molecule has 5 heteroatoms. The van der Waals surface area contributed by atoms with Gasteiger partial charge in [0.05, 0.1) is 16.1 Å². The lowest BCUT2D eigenvalue weighted by molar-refractivity contribution is 0.129. The lowest BCUT2D eigenvalue weighted by atomic mass is 10.0. The average molecular weight is 250 g/mol. The normalized spacial score (nSPS) is 15.0. The Balaban J connectivity index is 2.90. The maximum absolute atomic E-state index is 9.85. The van der Waals surface area contributed by atoms with Gasteiger partial charge >= 0.3 is 0 Å². The van der Waals surface area contributed by atoms with E-state index in [-0.39, 0.29) is 6.61 Å². The SMILES string of the molecule is NC(CCO)C(O)c1cccc(Cl)c1Cl. The van der Waals surface area contributed by atoms with Crippen molar-refractivity contribution < 1.29 is 10.2 Å². The first kappa shape index (κ1) is 12.7. The minimum Gasteiger partial charge on any atom is -0.396 e. The summed E-state index contributed by atoms with van der Waals surface area (Å²) in [6, 6.07) is 4.44. The molecule has 0 heterocycles. The first-order valence-electron chi connectivity index (χ1n) is 4.56. The number of aliphatic hydroxyl groups is 2. The van der Waals surface area contributed by atoms with E-state index in [0.29, 0.717) is 22.0 Å². The lowest BCUT2D eigenvalue weighted by Gasteiger charge is -2.19. The highest BCUT2D eigenvalue weighted by molar-refractivity contribution is 6.42. The molecule has 0 fully saturated rings. The van der Waals surface area contributed by atoms with Gasteiger partial charge < -0.3 is 15.9 Å². The zero-order chi connectivity index (χ0) is 11.4. The van der Waals surface area contributed by atoms with Gasteiger partial charge in [-0.1, -0.05) is 35.3 Å². The minimum absolute atomic E-state index is 0.0730. The number of aliphatic hydroxyl groups excluding tert-OH is 2. The van der Waals surface area contributed by atoms with Crippen LogP contribution < -0.4 is 5.73 Å². The van der Waals surface area contributed by atoms with Crippen LogP contribution in [0.1, 0.15) is 18.1 Å². The van der Waals surface area contributed by atoms with E-state index in [4.69, 9.17) is 34.0 Å². The van der Waals surface area contributed by atoms with Crippen LogP contribution in [0.15, 0.2) is 18.2 Å². The van der Waals surface area contributed by atoms with Crippen molar-refractivity contribution in [2.45, 2.75) is 18.6 Å². The summed E-state index contributed by atoms with van der Waals surface area (Å²) in [6.45, 7) is -0.0730. The number of rotatable bonds is 4. The second-order valence-electron chi connectivity index (χ2n) is 3.26. The second-order valence-corrected chi connectivity index (χ2v) is 4.05. The molecule has 2 unspecified atom stereocenters. The van der Waals surface area contributed by atoms with E-state index >= 15 is 0 Å². The molecule has 2 atom stereocenters. The van der Waals surface area contributed by atoms with Crippen molar-refractivity contribution in [3.05, 3.63) is 33.8 Å². The van der Waals surface area contributed by atoms with Gasteiger partial charge in [0.15, 0.2) is 0 Å². The van der Waals surface area contributed by atoms with Crippen LogP contribution in [0, 0.1) is 0 Å². The summed E-state index contributed by atoms with van der Waals surface area (Å²) in [5, 5.41) is 19.2. The van der Waals surface area contributed by atoms with Crippen LogP contribution >= 0.6 is 23.2 Å². The van der Waals surface area contributed by atoms with Gasteiger partial charge in [-0.15, -0.1) is 0 Å². The minimum atomic E-state index is -0.914. The van der Waals surface area contributed by atoms with Gasteiger partial charge in [-0.05, 0) is 12.5 Å². The van der Waals surface area contributed by atoms with Gasteiger partial charge in [0.25, 0.3) is 0 Å². The van der Waals surface area contributed by atoms with Gasteiger partial charge in [0.1, 0.15) is 0 Å². The van der Waals surface area contributed by atoms with Gasteiger partial charge in [-0.2, -0.15) is 0 Å². The molecule has 84 valence electrons. The number of hydrogen-bond acceptors (Lipinski definition) is 3. The van der Waals surface area contributed by atoms with Crippen LogP contribution in [0.2, 0.25) is 10.0 Å². The molecular formula is C10H13Cl2NO2.